The number of aromatic nitrogens is 2. The van der Waals surface area contributed by atoms with Gasteiger partial charge in [-0.1, -0.05) is 11.2 Å². The van der Waals surface area contributed by atoms with Crippen molar-refractivity contribution >= 4 is 29.9 Å². The van der Waals surface area contributed by atoms with Crippen molar-refractivity contribution in [2.75, 3.05) is 7.05 Å². The summed E-state index contributed by atoms with van der Waals surface area (Å²) in [4.78, 5) is 8.02. The normalized spacial score (nSPS) is 12.3. The summed E-state index contributed by atoms with van der Waals surface area (Å²) < 4.78 is 50.9. The van der Waals surface area contributed by atoms with E-state index in [0.29, 0.717) is 17.7 Å². The molecule has 0 fully saturated rings. The summed E-state index contributed by atoms with van der Waals surface area (Å²) in [5.74, 6) is 1.32. The van der Waals surface area contributed by atoms with Crippen molar-refractivity contribution in [3.63, 3.8) is 0 Å². The number of aryl methyl sites for hydroxylation is 1. The van der Waals surface area contributed by atoms with E-state index in [-0.39, 0.29) is 48.4 Å². The quantitative estimate of drug-likeness (QED) is 0.347. The summed E-state index contributed by atoms with van der Waals surface area (Å²) in [6, 6.07) is 3.93. The standard InChI is InChI=1S/C18H24F3N5O2.HI/c1-11-25-15(26-28-11)10-24-16(22-5)23-9-12-6-7-13(27-17(2,3)4)8-14(12)18(19,20)21;/h6-8H,9-10H2,1-5H3,(H2,22,23,24);1H. The number of guanidine groups is 1. The molecule has 0 aliphatic heterocycles. The van der Waals surface area contributed by atoms with E-state index in [1.54, 1.807) is 27.7 Å². The zero-order valence-electron chi connectivity index (χ0n) is 16.8. The van der Waals surface area contributed by atoms with E-state index in [1.807, 2.05) is 0 Å². The summed E-state index contributed by atoms with van der Waals surface area (Å²) in [7, 11) is 1.52. The number of ether oxygens (including phenoxy) is 1. The fourth-order valence-electron chi connectivity index (χ4n) is 2.37. The van der Waals surface area contributed by atoms with Crippen LogP contribution in [0.2, 0.25) is 0 Å². The maximum atomic E-state index is 13.5. The van der Waals surface area contributed by atoms with Gasteiger partial charge in [0.15, 0.2) is 11.8 Å². The zero-order chi connectivity index (χ0) is 20.9. The summed E-state index contributed by atoms with van der Waals surface area (Å²) in [6.45, 7) is 7.14. The van der Waals surface area contributed by atoms with Gasteiger partial charge in [0.1, 0.15) is 11.4 Å². The van der Waals surface area contributed by atoms with Crippen molar-refractivity contribution in [3.05, 3.63) is 41.0 Å². The molecule has 7 nitrogen and oxygen atoms in total. The predicted molar refractivity (Wildman–Crippen MR) is 113 cm³/mol. The highest BCUT2D eigenvalue weighted by Gasteiger charge is 2.34. The van der Waals surface area contributed by atoms with Gasteiger partial charge < -0.3 is 19.9 Å². The van der Waals surface area contributed by atoms with Crippen LogP contribution in [-0.4, -0.2) is 28.7 Å². The summed E-state index contributed by atoms with van der Waals surface area (Å²) >= 11 is 0. The van der Waals surface area contributed by atoms with E-state index < -0.39 is 17.3 Å². The number of halogens is 4. The first-order valence-corrected chi connectivity index (χ1v) is 8.61. The molecule has 162 valence electrons. The lowest BCUT2D eigenvalue weighted by Gasteiger charge is -2.23. The van der Waals surface area contributed by atoms with E-state index in [1.165, 1.54) is 19.2 Å². The molecule has 0 saturated carbocycles. The number of rotatable bonds is 5. The van der Waals surface area contributed by atoms with Crippen LogP contribution in [0.4, 0.5) is 13.2 Å². The van der Waals surface area contributed by atoms with Crippen LogP contribution >= 0.6 is 24.0 Å². The molecule has 0 amide bonds. The Bertz CT molecular complexity index is 832. The highest BCUT2D eigenvalue weighted by molar-refractivity contribution is 14.0. The molecule has 0 aliphatic carbocycles. The smallest absolute Gasteiger partial charge is 0.416 e. The topological polar surface area (TPSA) is 84.6 Å². The summed E-state index contributed by atoms with van der Waals surface area (Å²) in [5.41, 5.74) is -1.28. The molecule has 0 radical (unpaired) electrons. The van der Waals surface area contributed by atoms with E-state index in [9.17, 15) is 13.2 Å². The van der Waals surface area contributed by atoms with Crippen molar-refractivity contribution in [3.8, 4) is 5.75 Å². The summed E-state index contributed by atoms with van der Waals surface area (Å²) in [6.07, 6.45) is -4.51. The molecule has 2 N–H and O–H groups in total. The van der Waals surface area contributed by atoms with Gasteiger partial charge in [-0.25, -0.2) is 0 Å². The average molecular weight is 527 g/mol. The van der Waals surface area contributed by atoms with Crippen LogP contribution in [0.25, 0.3) is 0 Å². The fourth-order valence-corrected chi connectivity index (χ4v) is 2.37. The van der Waals surface area contributed by atoms with Gasteiger partial charge in [-0.2, -0.15) is 18.2 Å². The number of hydrogen-bond acceptors (Lipinski definition) is 5. The van der Waals surface area contributed by atoms with Crippen LogP contribution in [0.5, 0.6) is 5.75 Å². The van der Waals surface area contributed by atoms with Crippen molar-refractivity contribution in [2.45, 2.75) is 52.6 Å². The molecule has 1 aromatic carbocycles. The van der Waals surface area contributed by atoms with Crippen LogP contribution in [0.15, 0.2) is 27.7 Å². The van der Waals surface area contributed by atoms with E-state index in [0.717, 1.165) is 6.07 Å². The highest BCUT2D eigenvalue weighted by Crippen LogP contribution is 2.35. The minimum absolute atomic E-state index is 0. The molecule has 29 heavy (non-hydrogen) atoms. The van der Waals surface area contributed by atoms with Gasteiger partial charge in [0.2, 0.25) is 5.89 Å². The second-order valence-electron chi connectivity index (χ2n) is 7.04. The van der Waals surface area contributed by atoms with Crippen molar-refractivity contribution in [1.82, 2.24) is 20.8 Å². The van der Waals surface area contributed by atoms with Crippen LogP contribution in [0.1, 0.15) is 43.6 Å². The molecule has 0 aliphatic rings. The first kappa shape index (κ1) is 25.0. The molecular formula is C18H25F3IN5O2. The Balaban J connectivity index is 0.00000420. The van der Waals surface area contributed by atoms with Gasteiger partial charge >= 0.3 is 6.18 Å². The Morgan fingerprint density at radius 2 is 1.83 bits per heavy atom. The molecule has 2 rings (SSSR count). The second kappa shape index (κ2) is 10.1. The van der Waals surface area contributed by atoms with Crippen LogP contribution in [-0.2, 0) is 19.3 Å². The Morgan fingerprint density at radius 1 is 1.17 bits per heavy atom. The maximum Gasteiger partial charge on any atom is 0.416 e. The molecule has 1 aromatic heterocycles. The molecule has 0 saturated heterocycles. The number of aliphatic imine (C=N–C) groups is 1. The Morgan fingerprint density at radius 3 is 2.34 bits per heavy atom. The molecule has 1 heterocycles. The van der Waals surface area contributed by atoms with E-state index >= 15 is 0 Å². The largest absolute Gasteiger partial charge is 0.488 e. The van der Waals surface area contributed by atoms with Gasteiger partial charge in [-0.05, 0) is 38.5 Å². The minimum atomic E-state index is -4.51. The molecular weight excluding hydrogens is 502 g/mol. The lowest BCUT2D eigenvalue weighted by molar-refractivity contribution is -0.138. The monoisotopic (exact) mass is 527 g/mol. The zero-order valence-corrected chi connectivity index (χ0v) is 19.2. The molecule has 0 unspecified atom stereocenters. The van der Waals surface area contributed by atoms with Gasteiger partial charge in [0.05, 0.1) is 12.1 Å². The van der Waals surface area contributed by atoms with Gasteiger partial charge in [-0.3, -0.25) is 4.99 Å². The van der Waals surface area contributed by atoms with Gasteiger partial charge in [-0.15, -0.1) is 24.0 Å². The highest BCUT2D eigenvalue weighted by atomic mass is 127. The first-order valence-electron chi connectivity index (χ1n) is 8.61. The van der Waals surface area contributed by atoms with Crippen molar-refractivity contribution in [1.29, 1.82) is 0 Å². The number of alkyl halides is 3. The molecule has 0 spiro atoms. The Kier molecular flexibility index (Phi) is 8.72. The van der Waals surface area contributed by atoms with Gasteiger partial charge in [0.25, 0.3) is 0 Å². The minimum Gasteiger partial charge on any atom is -0.488 e. The third kappa shape index (κ3) is 8.07. The van der Waals surface area contributed by atoms with Crippen molar-refractivity contribution < 1.29 is 22.4 Å². The number of benzene rings is 1. The third-order valence-corrected chi connectivity index (χ3v) is 3.46. The van der Waals surface area contributed by atoms with Crippen LogP contribution in [0.3, 0.4) is 0 Å². The SMILES string of the molecule is CN=C(NCc1noc(C)n1)NCc1ccc(OC(C)(C)C)cc1C(F)(F)F.I. The first-order chi connectivity index (χ1) is 13.0. The third-order valence-electron chi connectivity index (χ3n) is 3.46. The number of hydrogen-bond donors (Lipinski definition) is 2. The maximum absolute atomic E-state index is 13.5. The van der Waals surface area contributed by atoms with E-state index in [4.69, 9.17) is 9.26 Å². The molecule has 0 bridgehead atoms. The van der Waals surface area contributed by atoms with Gasteiger partial charge in [0, 0.05) is 20.5 Å². The number of nitrogens with zero attached hydrogens (tertiary/aromatic N) is 3. The van der Waals surface area contributed by atoms with Crippen LogP contribution in [0, 0.1) is 6.92 Å². The Labute approximate surface area is 184 Å². The van der Waals surface area contributed by atoms with Crippen LogP contribution < -0.4 is 15.4 Å². The average Bonchev–Trinajstić information content (AvgIpc) is 2.99. The predicted octanol–water partition coefficient (Wildman–Crippen LogP) is 4.06. The second-order valence-corrected chi connectivity index (χ2v) is 7.04. The molecule has 0 atom stereocenters. The molecule has 2 aromatic rings. The Hall–Kier alpha value is -2.05. The fraction of sp³-hybridized carbons (Fsp3) is 0.500. The lowest BCUT2D eigenvalue weighted by Crippen LogP contribution is -2.37. The molecule has 11 heteroatoms. The number of nitrogens with one attached hydrogen (secondary N) is 2. The van der Waals surface area contributed by atoms with Crippen molar-refractivity contribution in [2.24, 2.45) is 4.99 Å². The lowest BCUT2D eigenvalue weighted by atomic mass is 10.1. The van der Waals surface area contributed by atoms with E-state index in [2.05, 4.69) is 25.8 Å². The summed E-state index contributed by atoms with van der Waals surface area (Å²) in [5, 5.41) is 9.50.